The van der Waals surface area contributed by atoms with Gasteiger partial charge in [0, 0.05) is 13.2 Å². The van der Waals surface area contributed by atoms with Crippen LogP contribution >= 0.6 is 11.6 Å². The summed E-state index contributed by atoms with van der Waals surface area (Å²) in [5.74, 6) is 5.01. The lowest BCUT2D eigenvalue weighted by molar-refractivity contribution is 0.589. The summed E-state index contributed by atoms with van der Waals surface area (Å²) >= 11 is 5.92. The lowest BCUT2D eigenvalue weighted by Crippen LogP contribution is -2.29. The van der Waals surface area contributed by atoms with Crippen LogP contribution in [0, 0.1) is 5.82 Å². The fraction of sp³-hybridized carbons (Fsp3) is 0.182. The van der Waals surface area contributed by atoms with Crippen LogP contribution in [0.2, 0.25) is 5.02 Å². The quantitative estimate of drug-likeness (QED) is 0.648. The first kappa shape index (κ1) is 12.0. The van der Waals surface area contributed by atoms with Crippen molar-refractivity contribution in [2.24, 2.45) is 12.9 Å². The van der Waals surface area contributed by atoms with Crippen molar-refractivity contribution < 1.29 is 4.39 Å². The maximum Gasteiger partial charge on any atom is 0.142 e. The van der Waals surface area contributed by atoms with Crippen molar-refractivity contribution in [3.8, 4) is 0 Å². The Labute approximate surface area is 103 Å². The number of nitrogens with two attached hydrogens (primary N) is 1. The molecule has 0 saturated carbocycles. The number of hydrazine groups is 1. The summed E-state index contributed by atoms with van der Waals surface area (Å²) in [4.78, 5) is 0. The maximum atomic E-state index is 13.4. The second kappa shape index (κ2) is 4.83. The van der Waals surface area contributed by atoms with Gasteiger partial charge in [0.25, 0.3) is 0 Å². The Morgan fingerprint density at radius 3 is 2.82 bits per heavy atom. The number of rotatable bonds is 3. The first-order valence-corrected chi connectivity index (χ1v) is 5.41. The van der Waals surface area contributed by atoms with Crippen LogP contribution in [0.3, 0.4) is 0 Å². The largest absolute Gasteiger partial charge is 0.275 e. The van der Waals surface area contributed by atoms with Crippen LogP contribution < -0.4 is 11.3 Å². The fourth-order valence-corrected chi connectivity index (χ4v) is 1.90. The van der Waals surface area contributed by atoms with E-state index in [1.54, 1.807) is 36.1 Å². The highest BCUT2D eigenvalue weighted by Crippen LogP contribution is 2.28. The standard InChI is InChI=1S/C11H12ClFN4/c1-17-6-5-9(16-17)11(15-14)7-3-2-4-8(13)10(7)12/h2-6,11,15H,14H2,1H3. The van der Waals surface area contributed by atoms with Gasteiger partial charge in [0.05, 0.1) is 16.8 Å². The van der Waals surface area contributed by atoms with E-state index < -0.39 is 11.9 Å². The first-order chi connectivity index (χ1) is 8.13. The molecule has 0 aliphatic rings. The minimum Gasteiger partial charge on any atom is -0.275 e. The monoisotopic (exact) mass is 254 g/mol. The summed E-state index contributed by atoms with van der Waals surface area (Å²) in [6.07, 6.45) is 1.78. The summed E-state index contributed by atoms with van der Waals surface area (Å²) in [6, 6.07) is 5.97. The summed E-state index contributed by atoms with van der Waals surface area (Å²) in [6.45, 7) is 0. The van der Waals surface area contributed by atoms with Crippen molar-refractivity contribution in [3.63, 3.8) is 0 Å². The van der Waals surface area contributed by atoms with Gasteiger partial charge in [-0.1, -0.05) is 23.7 Å². The Morgan fingerprint density at radius 1 is 1.47 bits per heavy atom. The van der Waals surface area contributed by atoms with Crippen LogP contribution in [0.1, 0.15) is 17.3 Å². The molecule has 3 N–H and O–H groups in total. The minimum atomic E-state index is -0.472. The summed E-state index contributed by atoms with van der Waals surface area (Å²) in [7, 11) is 1.80. The van der Waals surface area contributed by atoms with E-state index in [1.807, 2.05) is 0 Å². The molecular formula is C11H12ClFN4. The highest BCUT2D eigenvalue weighted by molar-refractivity contribution is 6.31. The third-order valence-corrected chi connectivity index (χ3v) is 2.89. The number of aromatic nitrogens is 2. The second-order valence-electron chi connectivity index (χ2n) is 3.66. The van der Waals surface area contributed by atoms with E-state index in [4.69, 9.17) is 17.4 Å². The molecule has 1 unspecified atom stereocenters. The zero-order valence-electron chi connectivity index (χ0n) is 9.19. The van der Waals surface area contributed by atoms with E-state index >= 15 is 0 Å². The highest BCUT2D eigenvalue weighted by atomic mass is 35.5. The molecule has 17 heavy (non-hydrogen) atoms. The number of hydrogen-bond donors (Lipinski definition) is 2. The lowest BCUT2D eigenvalue weighted by Gasteiger charge is -2.15. The number of nitrogens with one attached hydrogen (secondary N) is 1. The van der Waals surface area contributed by atoms with Gasteiger partial charge in [0.2, 0.25) is 0 Å². The van der Waals surface area contributed by atoms with Gasteiger partial charge in [0.15, 0.2) is 0 Å². The average Bonchev–Trinajstić information content (AvgIpc) is 2.72. The van der Waals surface area contributed by atoms with E-state index in [1.165, 1.54) is 6.07 Å². The fourth-order valence-electron chi connectivity index (χ4n) is 1.66. The van der Waals surface area contributed by atoms with Gasteiger partial charge >= 0.3 is 0 Å². The van der Waals surface area contributed by atoms with Crippen molar-refractivity contribution in [2.75, 3.05) is 0 Å². The molecule has 90 valence electrons. The SMILES string of the molecule is Cn1ccc(C(NN)c2cccc(F)c2Cl)n1. The summed E-state index contributed by atoms with van der Waals surface area (Å²) in [5, 5.41) is 4.28. The van der Waals surface area contributed by atoms with Crippen molar-refractivity contribution in [1.29, 1.82) is 0 Å². The molecule has 2 aromatic rings. The topological polar surface area (TPSA) is 55.9 Å². The van der Waals surface area contributed by atoms with Crippen LogP contribution in [0.15, 0.2) is 30.5 Å². The van der Waals surface area contributed by atoms with Crippen molar-refractivity contribution in [1.82, 2.24) is 15.2 Å². The van der Waals surface area contributed by atoms with E-state index in [0.717, 1.165) is 0 Å². The first-order valence-electron chi connectivity index (χ1n) is 5.03. The van der Waals surface area contributed by atoms with Crippen LogP contribution in [0.5, 0.6) is 0 Å². The van der Waals surface area contributed by atoms with Crippen molar-refractivity contribution >= 4 is 11.6 Å². The van der Waals surface area contributed by atoms with Gasteiger partial charge in [-0.25, -0.2) is 9.82 Å². The maximum absolute atomic E-state index is 13.4. The number of halogens is 2. The molecule has 1 heterocycles. The third kappa shape index (κ3) is 2.31. The van der Waals surface area contributed by atoms with E-state index in [-0.39, 0.29) is 5.02 Å². The molecule has 0 radical (unpaired) electrons. The molecule has 0 aliphatic carbocycles. The zero-order valence-corrected chi connectivity index (χ0v) is 9.95. The number of aryl methyl sites for hydroxylation is 1. The molecule has 2 rings (SSSR count). The Morgan fingerprint density at radius 2 is 2.24 bits per heavy atom. The zero-order chi connectivity index (χ0) is 12.4. The number of benzene rings is 1. The van der Waals surface area contributed by atoms with Crippen molar-refractivity contribution in [3.05, 3.63) is 52.6 Å². The highest BCUT2D eigenvalue weighted by Gasteiger charge is 2.19. The number of hydrogen-bond acceptors (Lipinski definition) is 3. The molecule has 1 aromatic heterocycles. The van der Waals surface area contributed by atoms with Gasteiger partial charge in [-0.3, -0.25) is 10.5 Å². The minimum absolute atomic E-state index is 0.0566. The average molecular weight is 255 g/mol. The van der Waals surface area contributed by atoms with E-state index in [9.17, 15) is 4.39 Å². The van der Waals surface area contributed by atoms with Gasteiger partial charge in [-0.15, -0.1) is 0 Å². The molecule has 0 bridgehead atoms. The predicted molar refractivity (Wildman–Crippen MR) is 63.8 cm³/mol. The molecule has 0 saturated heterocycles. The molecule has 6 heteroatoms. The molecule has 1 aromatic carbocycles. The Balaban J connectivity index is 2.45. The van der Waals surface area contributed by atoms with Crippen molar-refractivity contribution in [2.45, 2.75) is 6.04 Å². The summed E-state index contributed by atoms with van der Waals surface area (Å²) < 4.78 is 15.0. The second-order valence-corrected chi connectivity index (χ2v) is 4.03. The molecule has 1 atom stereocenters. The lowest BCUT2D eigenvalue weighted by atomic mass is 10.0. The molecule has 0 amide bonds. The Hall–Kier alpha value is -1.43. The molecule has 0 aliphatic heterocycles. The molecular weight excluding hydrogens is 243 g/mol. The normalized spacial score (nSPS) is 12.7. The van der Waals surface area contributed by atoms with Crippen LogP contribution in [-0.2, 0) is 7.05 Å². The van der Waals surface area contributed by atoms with E-state index in [0.29, 0.717) is 11.3 Å². The predicted octanol–water partition coefficient (Wildman–Crippen LogP) is 1.77. The van der Waals surface area contributed by atoms with Gasteiger partial charge in [0.1, 0.15) is 5.82 Å². The van der Waals surface area contributed by atoms with Gasteiger partial charge < -0.3 is 0 Å². The van der Waals surface area contributed by atoms with Gasteiger partial charge in [-0.2, -0.15) is 5.10 Å². The van der Waals surface area contributed by atoms with Crippen LogP contribution in [0.25, 0.3) is 0 Å². The number of nitrogens with zero attached hydrogens (tertiary/aromatic N) is 2. The molecule has 4 nitrogen and oxygen atoms in total. The Bertz CT molecular complexity index is 526. The Kier molecular flexibility index (Phi) is 3.42. The molecule has 0 fully saturated rings. The smallest absolute Gasteiger partial charge is 0.142 e. The third-order valence-electron chi connectivity index (χ3n) is 2.49. The van der Waals surface area contributed by atoms with E-state index in [2.05, 4.69) is 10.5 Å². The summed E-state index contributed by atoms with van der Waals surface area (Å²) in [5.41, 5.74) is 3.83. The van der Waals surface area contributed by atoms with Gasteiger partial charge in [-0.05, 0) is 17.7 Å². The molecule has 0 spiro atoms. The van der Waals surface area contributed by atoms with Crippen LogP contribution in [-0.4, -0.2) is 9.78 Å². The van der Waals surface area contributed by atoms with Crippen LogP contribution in [0.4, 0.5) is 4.39 Å².